The van der Waals surface area contributed by atoms with Gasteiger partial charge in [-0.3, -0.25) is 0 Å². The number of alkyl halides is 6. The first-order valence-corrected chi connectivity index (χ1v) is 7.45. The lowest BCUT2D eigenvalue weighted by molar-refractivity contribution is -0.0346. The summed E-state index contributed by atoms with van der Waals surface area (Å²) in [6.45, 7) is 0. The van der Waals surface area contributed by atoms with Crippen LogP contribution in [0.15, 0.2) is 21.9 Å². The largest absolute Gasteiger partial charge is 0.446 e. The first-order valence-electron chi connectivity index (χ1n) is 5.82. The molecule has 0 heterocycles. The Kier molecular flexibility index (Phi) is 4.53. The van der Waals surface area contributed by atoms with Crippen LogP contribution in [0.1, 0.15) is 24.0 Å². The van der Waals surface area contributed by atoms with Crippen molar-refractivity contribution in [3.05, 3.63) is 23.3 Å². The molecule has 0 aromatic heterocycles. The van der Waals surface area contributed by atoms with Crippen LogP contribution in [-0.4, -0.2) is 11.0 Å². The zero-order valence-corrected chi connectivity index (χ0v) is 11.7. The van der Waals surface area contributed by atoms with Crippen molar-refractivity contribution in [1.82, 2.24) is 0 Å². The third-order valence-corrected chi connectivity index (χ3v) is 4.71. The second-order valence-corrected chi connectivity index (χ2v) is 6.52. The second-order valence-electron chi connectivity index (χ2n) is 4.33. The number of thioether (sulfide) groups is 2. The van der Waals surface area contributed by atoms with E-state index in [4.69, 9.17) is 0 Å². The first-order chi connectivity index (χ1) is 9.16. The van der Waals surface area contributed by atoms with Gasteiger partial charge in [-0.15, -0.1) is 0 Å². The van der Waals surface area contributed by atoms with Gasteiger partial charge in [0.1, 0.15) is 0 Å². The summed E-state index contributed by atoms with van der Waals surface area (Å²) in [5.41, 5.74) is -8.03. The standard InChI is InChI=1S/C12H10F6S2/c13-11(14,15)19-9-6-5-7-3-1-2-4-8(7)10(9)20-12(16,17)18/h5-6H,1-4H2. The van der Waals surface area contributed by atoms with Gasteiger partial charge in [0.15, 0.2) is 0 Å². The number of fused-ring (bicyclic) bond motifs is 1. The third-order valence-electron chi connectivity index (χ3n) is 2.89. The molecule has 0 bridgehead atoms. The molecule has 1 aliphatic rings. The summed E-state index contributed by atoms with van der Waals surface area (Å²) in [5.74, 6) is 0. The van der Waals surface area contributed by atoms with E-state index in [1.807, 2.05) is 0 Å². The molecule has 0 nitrogen and oxygen atoms in total. The van der Waals surface area contributed by atoms with E-state index in [0.717, 1.165) is 18.1 Å². The van der Waals surface area contributed by atoms with Gasteiger partial charge in [-0.05, 0) is 66.4 Å². The predicted octanol–water partition coefficient (Wildman–Crippen LogP) is 5.79. The van der Waals surface area contributed by atoms with E-state index in [0.29, 0.717) is 24.8 Å². The maximum atomic E-state index is 12.6. The minimum atomic E-state index is -4.59. The average Bonchev–Trinajstić information content (AvgIpc) is 2.29. The number of hydrogen-bond donors (Lipinski definition) is 0. The molecule has 0 saturated heterocycles. The van der Waals surface area contributed by atoms with E-state index in [-0.39, 0.29) is 9.79 Å². The van der Waals surface area contributed by atoms with Crippen molar-refractivity contribution < 1.29 is 26.3 Å². The van der Waals surface area contributed by atoms with E-state index in [1.54, 1.807) is 0 Å². The summed E-state index contributed by atoms with van der Waals surface area (Å²) >= 11 is -0.918. The molecular formula is C12H10F6S2. The third kappa shape index (κ3) is 4.25. The number of halogens is 6. The minimum Gasteiger partial charge on any atom is -0.160 e. The summed E-state index contributed by atoms with van der Waals surface area (Å²) in [6, 6.07) is 2.67. The number of rotatable bonds is 2. The minimum absolute atomic E-state index is 0.281. The lowest BCUT2D eigenvalue weighted by Gasteiger charge is -2.22. The zero-order valence-electron chi connectivity index (χ0n) is 10.1. The molecular weight excluding hydrogens is 322 g/mol. The van der Waals surface area contributed by atoms with Crippen molar-refractivity contribution in [1.29, 1.82) is 0 Å². The Morgan fingerprint density at radius 1 is 0.800 bits per heavy atom. The molecule has 20 heavy (non-hydrogen) atoms. The summed E-state index contributed by atoms with van der Waals surface area (Å²) < 4.78 is 75.2. The molecule has 1 aromatic rings. The van der Waals surface area contributed by atoms with Crippen molar-refractivity contribution in [3.63, 3.8) is 0 Å². The van der Waals surface area contributed by atoms with Crippen LogP contribution in [0, 0.1) is 0 Å². The summed E-state index contributed by atoms with van der Waals surface area (Å²) in [5, 5.41) is 0. The highest BCUT2D eigenvalue weighted by molar-refractivity contribution is 8.03. The van der Waals surface area contributed by atoms with E-state index in [9.17, 15) is 26.3 Å². The molecule has 0 unspecified atom stereocenters. The van der Waals surface area contributed by atoms with E-state index in [2.05, 4.69) is 0 Å². The van der Waals surface area contributed by atoms with Crippen LogP contribution in [0.2, 0.25) is 0 Å². The number of aryl methyl sites for hydroxylation is 1. The summed E-state index contributed by atoms with van der Waals surface area (Å²) in [6.07, 6.45) is 2.59. The first kappa shape index (κ1) is 15.9. The highest BCUT2D eigenvalue weighted by atomic mass is 32.2. The van der Waals surface area contributed by atoms with Crippen molar-refractivity contribution in [2.45, 2.75) is 46.5 Å². The fraction of sp³-hybridized carbons (Fsp3) is 0.500. The molecule has 0 atom stereocenters. The topological polar surface area (TPSA) is 0 Å². The molecule has 0 spiro atoms. The Bertz CT molecular complexity index is 492. The van der Waals surface area contributed by atoms with Crippen molar-refractivity contribution in [3.8, 4) is 0 Å². The molecule has 0 fully saturated rings. The molecule has 0 radical (unpaired) electrons. The van der Waals surface area contributed by atoms with Crippen LogP contribution >= 0.6 is 23.5 Å². The van der Waals surface area contributed by atoms with Gasteiger partial charge >= 0.3 is 11.0 Å². The van der Waals surface area contributed by atoms with Crippen LogP contribution < -0.4 is 0 Å². The van der Waals surface area contributed by atoms with Gasteiger partial charge in [0.2, 0.25) is 0 Å². The number of hydrogen-bond acceptors (Lipinski definition) is 2. The van der Waals surface area contributed by atoms with Gasteiger partial charge in [-0.2, -0.15) is 26.3 Å². The number of benzene rings is 1. The van der Waals surface area contributed by atoms with Crippen LogP contribution in [0.3, 0.4) is 0 Å². The maximum absolute atomic E-state index is 12.6. The van der Waals surface area contributed by atoms with Crippen LogP contribution in [0.25, 0.3) is 0 Å². The van der Waals surface area contributed by atoms with Gasteiger partial charge in [-0.1, -0.05) is 6.07 Å². The second kappa shape index (κ2) is 5.71. The van der Waals surface area contributed by atoms with Crippen molar-refractivity contribution in [2.24, 2.45) is 0 Å². The van der Waals surface area contributed by atoms with Crippen LogP contribution in [0.5, 0.6) is 0 Å². The highest BCUT2D eigenvalue weighted by Crippen LogP contribution is 2.49. The van der Waals surface area contributed by atoms with E-state index < -0.39 is 34.5 Å². The fourth-order valence-electron chi connectivity index (χ4n) is 2.21. The predicted molar refractivity (Wildman–Crippen MR) is 66.9 cm³/mol. The molecule has 0 amide bonds. The Morgan fingerprint density at radius 2 is 1.40 bits per heavy atom. The fourth-order valence-corrected chi connectivity index (χ4v) is 3.81. The SMILES string of the molecule is FC(F)(F)Sc1ccc2c(c1SC(F)(F)F)CCCC2. The molecule has 8 heteroatoms. The Hall–Kier alpha value is -0.500. The molecule has 112 valence electrons. The zero-order chi connectivity index (χ0) is 15.0. The van der Waals surface area contributed by atoms with Gasteiger partial charge in [0.05, 0.1) is 0 Å². The lowest BCUT2D eigenvalue weighted by Crippen LogP contribution is -2.10. The Balaban J connectivity index is 2.45. The molecule has 0 aliphatic heterocycles. The van der Waals surface area contributed by atoms with Crippen molar-refractivity contribution in [2.75, 3.05) is 0 Å². The van der Waals surface area contributed by atoms with Gasteiger partial charge < -0.3 is 0 Å². The molecule has 0 saturated carbocycles. The van der Waals surface area contributed by atoms with Gasteiger partial charge in [0.25, 0.3) is 0 Å². The molecule has 0 N–H and O–H groups in total. The van der Waals surface area contributed by atoms with E-state index in [1.165, 1.54) is 6.07 Å². The Morgan fingerprint density at radius 3 is 2.00 bits per heavy atom. The molecule has 2 rings (SSSR count). The monoisotopic (exact) mass is 332 g/mol. The molecule has 1 aliphatic carbocycles. The quantitative estimate of drug-likeness (QED) is 0.497. The van der Waals surface area contributed by atoms with E-state index >= 15 is 0 Å². The Labute approximate surface area is 120 Å². The smallest absolute Gasteiger partial charge is 0.160 e. The highest BCUT2D eigenvalue weighted by Gasteiger charge is 2.36. The van der Waals surface area contributed by atoms with Crippen LogP contribution in [-0.2, 0) is 12.8 Å². The van der Waals surface area contributed by atoms with Gasteiger partial charge in [-0.25, -0.2) is 0 Å². The summed E-state index contributed by atoms with van der Waals surface area (Å²) in [4.78, 5) is -0.641. The molecule has 1 aromatic carbocycles. The average molecular weight is 332 g/mol. The van der Waals surface area contributed by atoms with Gasteiger partial charge in [0, 0.05) is 9.79 Å². The van der Waals surface area contributed by atoms with Crippen LogP contribution in [0.4, 0.5) is 26.3 Å². The lowest BCUT2D eigenvalue weighted by atomic mass is 9.92. The summed E-state index contributed by atoms with van der Waals surface area (Å²) in [7, 11) is 0. The van der Waals surface area contributed by atoms with Crippen molar-refractivity contribution >= 4 is 23.5 Å². The normalized spacial score (nSPS) is 16.1. The maximum Gasteiger partial charge on any atom is 0.446 e.